The summed E-state index contributed by atoms with van der Waals surface area (Å²) in [7, 11) is 0. The molecule has 0 aliphatic rings. The fraction of sp³-hybridized carbons (Fsp3) is 0.167. The van der Waals surface area contributed by atoms with Crippen LogP contribution >= 0.6 is 11.3 Å². The number of hydrogen-bond donors (Lipinski definition) is 3. The predicted octanol–water partition coefficient (Wildman–Crippen LogP) is 3.01. The highest BCUT2D eigenvalue weighted by Gasteiger charge is 2.08. The normalized spacial score (nSPS) is 11.0. The van der Waals surface area contributed by atoms with Gasteiger partial charge in [-0.1, -0.05) is 18.2 Å². The molecule has 0 bridgehead atoms. The number of anilines is 2. The molecule has 4 aromatic rings. The topological polar surface area (TPSA) is 87.1 Å². The van der Waals surface area contributed by atoms with Crippen molar-refractivity contribution in [1.29, 1.82) is 0 Å². The van der Waals surface area contributed by atoms with E-state index in [0.717, 1.165) is 5.69 Å². The monoisotopic (exact) mass is 366 g/mol. The molecule has 4 rings (SSSR count). The largest absolute Gasteiger partial charge is 0.379 e. The predicted molar refractivity (Wildman–Crippen MR) is 104 cm³/mol. The van der Waals surface area contributed by atoms with E-state index in [9.17, 15) is 4.79 Å². The minimum Gasteiger partial charge on any atom is -0.379 e. The summed E-state index contributed by atoms with van der Waals surface area (Å²) in [6.07, 6.45) is 0. The number of nitrogens with zero attached hydrogens (tertiary/aromatic N) is 3. The molecule has 0 aliphatic carbocycles. The highest BCUT2D eigenvalue weighted by atomic mass is 32.1. The van der Waals surface area contributed by atoms with Crippen LogP contribution in [0, 0.1) is 6.92 Å². The smallest absolute Gasteiger partial charge is 0.274 e. The van der Waals surface area contributed by atoms with Gasteiger partial charge in [-0.2, -0.15) is 9.50 Å². The van der Waals surface area contributed by atoms with Crippen molar-refractivity contribution in [2.75, 3.05) is 10.6 Å². The quantitative estimate of drug-likeness (QED) is 0.488. The number of aromatic nitrogens is 4. The van der Waals surface area contributed by atoms with Crippen LogP contribution in [0.25, 0.3) is 5.78 Å². The molecular formula is C18H18N6OS. The first kappa shape index (κ1) is 16.3. The van der Waals surface area contributed by atoms with Crippen LogP contribution in [0.5, 0.6) is 0 Å². The Bertz CT molecular complexity index is 1080. The second kappa shape index (κ2) is 7.01. The van der Waals surface area contributed by atoms with Crippen molar-refractivity contribution in [3.05, 3.63) is 74.3 Å². The van der Waals surface area contributed by atoms with Crippen molar-refractivity contribution >= 4 is 28.8 Å². The molecule has 26 heavy (non-hydrogen) atoms. The molecule has 132 valence electrons. The van der Waals surface area contributed by atoms with Crippen molar-refractivity contribution in [3.8, 4) is 0 Å². The summed E-state index contributed by atoms with van der Waals surface area (Å²) in [6, 6.07) is 13.6. The van der Waals surface area contributed by atoms with Gasteiger partial charge in [-0.15, -0.1) is 11.3 Å². The molecule has 7 nitrogen and oxygen atoms in total. The molecule has 0 radical (unpaired) electrons. The number of nitrogens with one attached hydrogen (secondary N) is 3. The summed E-state index contributed by atoms with van der Waals surface area (Å²) in [5.41, 5.74) is 2.63. The molecule has 3 aromatic heterocycles. The van der Waals surface area contributed by atoms with Gasteiger partial charge >= 0.3 is 0 Å². The Hall–Kier alpha value is -3.13. The maximum atomic E-state index is 12.3. The van der Waals surface area contributed by atoms with E-state index in [4.69, 9.17) is 0 Å². The molecule has 8 heteroatoms. The van der Waals surface area contributed by atoms with E-state index in [-0.39, 0.29) is 5.56 Å². The minimum atomic E-state index is -0.187. The van der Waals surface area contributed by atoms with Crippen molar-refractivity contribution in [2.24, 2.45) is 0 Å². The Morgan fingerprint density at radius 3 is 2.85 bits per heavy atom. The summed E-state index contributed by atoms with van der Waals surface area (Å²) in [5.74, 6) is 0.874. The first-order valence-corrected chi connectivity index (χ1v) is 9.11. The van der Waals surface area contributed by atoms with Crippen LogP contribution in [0.2, 0.25) is 0 Å². The van der Waals surface area contributed by atoms with Crippen molar-refractivity contribution in [2.45, 2.75) is 20.0 Å². The second-order valence-corrected chi connectivity index (χ2v) is 6.98. The molecule has 1 aromatic carbocycles. The van der Waals surface area contributed by atoms with E-state index in [2.05, 4.69) is 25.7 Å². The number of aromatic amines is 1. The van der Waals surface area contributed by atoms with E-state index in [1.54, 1.807) is 11.3 Å². The SMILES string of the molecule is Cc1cccc(NCc2cc(=O)n3[nH]c(NCc4cccs4)nc3n2)c1. The van der Waals surface area contributed by atoms with Gasteiger partial charge in [0.15, 0.2) is 0 Å². The fourth-order valence-corrected chi connectivity index (χ4v) is 3.27. The van der Waals surface area contributed by atoms with E-state index >= 15 is 0 Å². The maximum Gasteiger partial charge on any atom is 0.274 e. The van der Waals surface area contributed by atoms with Crippen LogP contribution in [0.15, 0.2) is 52.6 Å². The van der Waals surface area contributed by atoms with Crippen molar-refractivity contribution in [1.82, 2.24) is 19.6 Å². The summed E-state index contributed by atoms with van der Waals surface area (Å²) >= 11 is 1.66. The van der Waals surface area contributed by atoms with Gasteiger partial charge in [0, 0.05) is 16.6 Å². The molecule has 0 amide bonds. The number of benzene rings is 1. The molecule has 0 unspecified atom stereocenters. The van der Waals surface area contributed by atoms with Gasteiger partial charge in [-0.3, -0.25) is 9.89 Å². The van der Waals surface area contributed by atoms with E-state index in [1.807, 2.05) is 48.7 Å². The summed E-state index contributed by atoms with van der Waals surface area (Å²) in [5, 5.41) is 11.4. The molecule has 0 atom stereocenters. The first-order chi connectivity index (χ1) is 12.7. The molecule has 0 saturated heterocycles. The number of H-pyrrole nitrogens is 1. The molecule has 3 heterocycles. The summed E-state index contributed by atoms with van der Waals surface area (Å²) in [4.78, 5) is 22.3. The Morgan fingerprint density at radius 1 is 1.12 bits per heavy atom. The van der Waals surface area contributed by atoms with Crippen molar-refractivity contribution < 1.29 is 0 Å². The van der Waals surface area contributed by atoms with E-state index < -0.39 is 0 Å². The van der Waals surface area contributed by atoms with Crippen LogP contribution < -0.4 is 16.2 Å². The number of rotatable bonds is 6. The standard InChI is InChI=1S/C18H18N6OS/c1-12-4-2-5-13(8-12)19-10-14-9-16(25)24-18(21-14)22-17(23-24)20-11-15-6-3-7-26-15/h2-9,19H,10-11H2,1H3,(H2,20,21,22,23). The number of thiophene rings is 1. The minimum absolute atomic E-state index is 0.187. The summed E-state index contributed by atoms with van der Waals surface area (Å²) in [6.45, 7) is 3.14. The van der Waals surface area contributed by atoms with E-state index in [0.29, 0.717) is 30.5 Å². The highest BCUT2D eigenvalue weighted by Crippen LogP contribution is 2.12. The Morgan fingerprint density at radius 2 is 2.04 bits per heavy atom. The zero-order chi connectivity index (χ0) is 17.9. The molecule has 0 saturated carbocycles. The van der Waals surface area contributed by atoms with E-state index in [1.165, 1.54) is 21.0 Å². The first-order valence-electron chi connectivity index (χ1n) is 8.23. The number of fused-ring (bicyclic) bond motifs is 1. The van der Waals surface area contributed by atoms with Crippen LogP contribution in [0.3, 0.4) is 0 Å². The molecule has 0 aliphatic heterocycles. The highest BCUT2D eigenvalue weighted by molar-refractivity contribution is 7.09. The zero-order valence-electron chi connectivity index (χ0n) is 14.2. The number of aryl methyl sites for hydroxylation is 1. The van der Waals surface area contributed by atoms with Gasteiger partial charge in [0.05, 0.1) is 18.8 Å². The third-order valence-electron chi connectivity index (χ3n) is 3.89. The molecule has 0 fully saturated rings. The Balaban J connectivity index is 1.51. The zero-order valence-corrected chi connectivity index (χ0v) is 15.0. The van der Waals surface area contributed by atoms with Gasteiger partial charge in [0.1, 0.15) is 0 Å². The average Bonchev–Trinajstić information content (AvgIpc) is 3.28. The lowest BCUT2D eigenvalue weighted by Crippen LogP contribution is -2.17. The lowest BCUT2D eigenvalue weighted by Gasteiger charge is -2.06. The number of hydrogen-bond acceptors (Lipinski definition) is 6. The molecular weight excluding hydrogens is 348 g/mol. The third kappa shape index (κ3) is 3.60. The lowest BCUT2D eigenvalue weighted by atomic mass is 10.2. The molecule has 0 spiro atoms. The van der Waals surface area contributed by atoms with Gasteiger partial charge in [-0.05, 0) is 36.1 Å². The van der Waals surface area contributed by atoms with Gasteiger partial charge in [-0.25, -0.2) is 4.98 Å². The second-order valence-electron chi connectivity index (χ2n) is 5.95. The summed E-state index contributed by atoms with van der Waals surface area (Å²) < 4.78 is 1.34. The molecule has 3 N–H and O–H groups in total. The Labute approximate surface area is 153 Å². The maximum absolute atomic E-state index is 12.3. The fourth-order valence-electron chi connectivity index (χ4n) is 2.63. The lowest BCUT2D eigenvalue weighted by molar-refractivity contribution is 0.875. The van der Waals surface area contributed by atoms with Gasteiger partial charge < -0.3 is 10.6 Å². The van der Waals surface area contributed by atoms with Crippen LogP contribution in [-0.2, 0) is 13.1 Å². The van der Waals surface area contributed by atoms with Crippen LogP contribution in [0.1, 0.15) is 16.1 Å². The average molecular weight is 366 g/mol. The third-order valence-corrected chi connectivity index (χ3v) is 4.76. The van der Waals surface area contributed by atoms with Gasteiger partial charge in [0.2, 0.25) is 5.95 Å². The Kier molecular flexibility index (Phi) is 4.40. The van der Waals surface area contributed by atoms with Gasteiger partial charge in [0.25, 0.3) is 11.3 Å². The van der Waals surface area contributed by atoms with Crippen molar-refractivity contribution in [3.63, 3.8) is 0 Å². The van der Waals surface area contributed by atoms with Crippen LogP contribution in [-0.4, -0.2) is 19.6 Å². The van der Waals surface area contributed by atoms with Crippen LogP contribution in [0.4, 0.5) is 11.6 Å².